The van der Waals surface area contributed by atoms with Crippen molar-refractivity contribution in [3.63, 3.8) is 0 Å². The topological polar surface area (TPSA) is 55.4 Å². The van der Waals surface area contributed by atoms with E-state index in [1.54, 1.807) is 31.2 Å². The number of carbonyl (C=O) groups excluding carboxylic acids is 2. The number of para-hydroxylation sites is 1. The standard InChI is InChI=1S/C16H19NO3/c1-2-20-16(19)13-10-6-7-11-14(13)17-15(18)12-8-4-3-5-9-12/h3-4,6-7,10-12H,2,5,8-9H2,1H3,(H,17,18)/t12-/m0/s1. The Labute approximate surface area is 118 Å². The van der Waals surface area contributed by atoms with Crippen LogP contribution in [0.5, 0.6) is 0 Å². The fourth-order valence-electron chi connectivity index (χ4n) is 2.25. The van der Waals surface area contributed by atoms with Crippen molar-refractivity contribution in [3.05, 3.63) is 42.0 Å². The highest BCUT2D eigenvalue weighted by Gasteiger charge is 2.21. The van der Waals surface area contributed by atoms with Gasteiger partial charge in [-0.25, -0.2) is 4.79 Å². The Hall–Kier alpha value is -2.10. The molecular weight excluding hydrogens is 254 g/mol. The molecule has 0 bridgehead atoms. The molecular formula is C16H19NO3. The molecule has 20 heavy (non-hydrogen) atoms. The van der Waals surface area contributed by atoms with Crippen molar-refractivity contribution in [1.82, 2.24) is 0 Å². The number of allylic oxidation sites excluding steroid dienone is 2. The second-order valence-electron chi connectivity index (χ2n) is 4.74. The first-order chi connectivity index (χ1) is 9.72. The third kappa shape index (κ3) is 3.47. The van der Waals surface area contributed by atoms with Crippen LogP contribution in [0.25, 0.3) is 0 Å². The summed E-state index contributed by atoms with van der Waals surface area (Å²) in [5, 5.41) is 2.85. The van der Waals surface area contributed by atoms with E-state index in [4.69, 9.17) is 4.74 Å². The predicted octanol–water partition coefficient (Wildman–Crippen LogP) is 3.16. The van der Waals surface area contributed by atoms with Crippen molar-refractivity contribution in [2.45, 2.75) is 26.2 Å². The van der Waals surface area contributed by atoms with E-state index >= 15 is 0 Å². The molecule has 1 atom stereocenters. The second kappa shape index (κ2) is 6.89. The van der Waals surface area contributed by atoms with E-state index in [1.807, 2.05) is 6.08 Å². The van der Waals surface area contributed by atoms with Gasteiger partial charge in [0.1, 0.15) is 0 Å². The molecule has 4 nitrogen and oxygen atoms in total. The molecule has 0 heterocycles. The monoisotopic (exact) mass is 273 g/mol. The molecule has 1 aromatic rings. The smallest absolute Gasteiger partial charge is 0.340 e. The Morgan fingerprint density at radius 3 is 2.80 bits per heavy atom. The molecule has 1 N–H and O–H groups in total. The minimum Gasteiger partial charge on any atom is -0.462 e. The minimum atomic E-state index is -0.410. The maximum atomic E-state index is 12.2. The summed E-state index contributed by atoms with van der Waals surface area (Å²) in [4.78, 5) is 24.0. The van der Waals surface area contributed by atoms with Crippen molar-refractivity contribution in [2.24, 2.45) is 5.92 Å². The van der Waals surface area contributed by atoms with E-state index in [0.29, 0.717) is 17.9 Å². The highest BCUT2D eigenvalue weighted by molar-refractivity contribution is 6.01. The van der Waals surface area contributed by atoms with Crippen molar-refractivity contribution in [3.8, 4) is 0 Å². The third-order valence-corrected chi connectivity index (χ3v) is 3.32. The summed E-state index contributed by atoms with van der Waals surface area (Å²) in [5.41, 5.74) is 0.916. The molecule has 0 saturated carbocycles. The molecule has 0 saturated heterocycles. The number of nitrogens with one attached hydrogen (secondary N) is 1. The van der Waals surface area contributed by atoms with Crippen LogP contribution in [0.15, 0.2) is 36.4 Å². The molecule has 0 aliphatic heterocycles. The summed E-state index contributed by atoms with van der Waals surface area (Å²) in [6.45, 7) is 2.07. The number of amides is 1. The third-order valence-electron chi connectivity index (χ3n) is 3.32. The van der Waals surface area contributed by atoms with Gasteiger partial charge < -0.3 is 10.1 Å². The number of hydrogen-bond donors (Lipinski definition) is 1. The molecule has 2 rings (SSSR count). The number of rotatable bonds is 4. The normalized spacial score (nSPS) is 17.6. The van der Waals surface area contributed by atoms with Gasteiger partial charge in [-0.05, 0) is 38.3 Å². The van der Waals surface area contributed by atoms with Crippen LogP contribution in [0.2, 0.25) is 0 Å². The molecule has 1 aliphatic carbocycles. The van der Waals surface area contributed by atoms with Crippen molar-refractivity contribution in [1.29, 1.82) is 0 Å². The van der Waals surface area contributed by atoms with Crippen LogP contribution in [0.1, 0.15) is 36.5 Å². The quantitative estimate of drug-likeness (QED) is 0.677. The van der Waals surface area contributed by atoms with Crippen molar-refractivity contribution >= 4 is 17.6 Å². The maximum Gasteiger partial charge on any atom is 0.340 e. The zero-order valence-corrected chi connectivity index (χ0v) is 11.6. The Kier molecular flexibility index (Phi) is 4.93. The lowest BCUT2D eigenvalue weighted by molar-refractivity contribution is -0.120. The summed E-state index contributed by atoms with van der Waals surface area (Å²) in [6, 6.07) is 6.93. The molecule has 1 aromatic carbocycles. The molecule has 0 unspecified atom stereocenters. The van der Waals surface area contributed by atoms with Crippen LogP contribution >= 0.6 is 0 Å². The van der Waals surface area contributed by atoms with Crippen LogP contribution in [-0.4, -0.2) is 18.5 Å². The van der Waals surface area contributed by atoms with Gasteiger partial charge in [-0.2, -0.15) is 0 Å². The minimum absolute atomic E-state index is 0.0183. The van der Waals surface area contributed by atoms with Crippen LogP contribution in [0.3, 0.4) is 0 Å². The Bertz CT molecular complexity index is 522. The molecule has 106 valence electrons. The summed E-state index contributed by atoms with van der Waals surface area (Å²) >= 11 is 0. The van der Waals surface area contributed by atoms with Crippen LogP contribution < -0.4 is 5.32 Å². The average molecular weight is 273 g/mol. The summed E-state index contributed by atoms with van der Waals surface area (Å²) < 4.78 is 4.99. The number of carbonyl (C=O) groups is 2. The van der Waals surface area contributed by atoms with Gasteiger partial charge in [0.2, 0.25) is 5.91 Å². The van der Waals surface area contributed by atoms with Crippen LogP contribution in [0, 0.1) is 5.92 Å². The lowest BCUT2D eigenvalue weighted by Gasteiger charge is -2.18. The van der Waals surface area contributed by atoms with E-state index in [-0.39, 0.29) is 11.8 Å². The number of esters is 1. The van der Waals surface area contributed by atoms with Crippen molar-refractivity contribution in [2.75, 3.05) is 11.9 Å². The number of ether oxygens (including phenoxy) is 1. The number of benzene rings is 1. The fraction of sp³-hybridized carbons (Fsp3) is 0.375. The van der Waals surface area contributed by atoms with Gasteiger partial charge in [0.05, 0.1) is 17.9 Å². The predicted molar refractivity (Wildman–Crippen MR) is 77.5 cm³/mol. The first-order valence-corrected chi connectivity index (χ1v) is 6.94. The van der Waals surface area contributed by atoms with Gasteiger partial charge in [-0.3, -0.25) is 4.79 Å². The highest BCUT2D eigenvalue weighted by atomic mass is 16.5. The Morgan fingerprint density at radius 2 is 2.10 bits per heavy atom. The largest absolute Gasteiger partial charge is 0.462 e. The molecule has 0 fully saturated rings. The average Bonchev–Trinajstić information content (AvgIpc) is 2.49. The number of hydrogen-bond acceptors (Lipinski definition) is 3. The Morgan fingerprint density at radius 1 is 1.30 bits per heavy atom. The fourth-order valence-corrected chi connectivity index (χ4v) is 2.25. The van der Waals surface area contributed by atoms with Gasteiger partial charge in [-0.15, -0.1) is 0 Å². The van der Waals surface area contributed by atoms with E-state index in [0.717, 1.165) is 19.3 Å². The van der Waals surface area contributed by atoms with Crippen LogP contribution in [0.4, 0.5) is 5.69 Å². The van der Waals surface area contributed by atoms with Gasteiger partial charge in [0, 0.05) is 5.92 Å². The molecule has 0 aromatic heterocycles. The maximum absolute atomic E-state index is 12.2. The molecule has 4 heteroatoms. The highest BCUT2D eigenvalue weighted by Crippen LogP contribution is 2.22. The summed E-state index contributed by atoms with van der Waals surface area (Å²) in [6.07, 6.45) is 6.66. The molecule has 0 spiro atoms. The molecule has 1 aliphatic rings. The zero-order chi connectivity index (χ0) is 14.4. The van der Waals surface area contributed by atoms with E-state index in [2.05, 4.69) is 11.4 Å². The van der Waals surface area contributed by atoms with Gasteiger partial charge in [0.15, 0.2) is 0 Å². The van der Waals surface area contributed by atoms with Gasteiger partial charge in [0.25, 0.3) is 0 Å². The molecule has 1 amide bonds. The molecule has 0 radical (unpaired) electrons. The Balaban J connectivity index is 2.10. The SMILES string of the molecule is CCOC(=O)c1ccccc1NC(=O)[C@H]1CC=CCC1. The number of anilines is 1. The van der Waals surface area contributed by atoms with E-state index in [1.165, 1.54) is 0 Å². The first-order valence-electron chi connectivity index (χ1n) is 6.94. The van der Waals surface area contributed by atoms with E-state index < -0.39 is 5.97 Å². The lowest BCUT2D eigenvalue weighted by atomic mass is 9.93. The second-order valence-corrected chi connectivity index (χ2v) is 4.74. The van der Waals surface area contributed by atoms with Crippen LogP contribution in [-0.2, 0) is 9.53 Å². The van der Waals surface area contributed by atoms with E-state index in [9.17, 15) is 9.59 Å². The summed E-state index contributed by atoms with van der Waals surface area (Å²) in [5.74, 6) is -0.465. The van der Waals surface area contributed by atoms with Crippen molar-refractivity contribution < 1.29 is 14.3 Å². The lowest BCUT2D eigenvalue weighted by Crippen LogP contribution is -2.24. The summed E-state index contributed by atoms with van der Waals surface area (Å²) in [7, 11) is 0. The van der Waals surface area contributed by atoms with Gasteiger partial charge in [-0.1, -0.05) is 24.3 Å². The zero-order valence-electron chi connectivity index (χ0n) is 11.6. The first kappa shape index (κ1) is 14.3. The van der Waals surface area contributed by atoms with Gasteiger partial charge >= 0.3 is 5.97 Å².